The Hall–Kier alpha value is -2.76. The van der Waals surface area contributed by atoms with Crippen LogP contribution in [0.4, 0.5) is 13.2 Å². The van der Waals surface area contributed by atoms with E-state index < -0.39 is 29.2 Å². The van der Waals surface area contributed by atoms with Gasteiger partial charge in [-0.2, -0.15) is 13.2 Å². The number of carbonyl (C=O) groups is 1. The molecule has 0 saturated heterocycles. The molecule has 1 amide bonds. The number of hydrogen-bond donors (Lipinski definition) is 4. The molecule has 0 aromatic carbocycles. The molecule has 3 rings (SSSR count). The van der Waals surface area contributed by atoms with E-state index in [2.05, 4.69) is 20.3 Å². The van der Waals surface area contributed by atoms with E-state index in [9.17, 15) is 23.1 Å². The van der Waals surface area contributed by atoms with Gasteiger partial charge in [0.15, 0.2) is 0 Å². The van der Waals surface area contributed by atoms with Crippen molar-refractivity contribution in [2.45, 2.75) is 45.1 Å². The van der Waals surface area contributed by atoms with E-state index in [1.807, 2.05) is 0 Å². The maximum atomic E-state index is 13.0. The van der Waals surface area contributed by atoms with Crippen molar-refractivity contribution in [3.05, 3.63) is 57.3 Å². The quantitative estimate of drug-likeness (QED) is 0.455. The van der Waals surface area contributed by atoms with Crippen molar-refractivity contribution < 1.29 is 23.1 Å². The Morgan fingerprint density at radius 2 is 2.00 bits per heavy atom. The zero-order valence-electron chi connectivity index (χ0n) is 17.0. The summed E-state index contributed by atoms with van der Waals surface area (Å²) in [5.74, 6) is -0.445. The van der Waals surface area contributed by atoms with Gasteiger partial charge in [0.2, 0.25) is 0 Å². The summed E-state index contributed by atoms with van der Waals surface area (Å²) in [4.78, 5) is 24.6. The molecule has 0 radical (unpaired) electrons. The fraction of sp³-hybridized carbons (Fsp3) is 0.350. The molecule has 0 bridgehead atoms. The number of H-pyrrole nitrogens is 1. The third-order valence-corrected chi connectivity index (χ3v) is 5.65. The van der Waals surface area contributed by atoms with E-state index in [4.69, 9.17) is 5.73 Å². The predicted octanol–water partition coefficient (Wildman–Crippen LogP) is 3.56. The number of aromatic amines is 1. The third-order valence-electron chi connectivity index (χ3n) is 4.60. The van der Waals surface area contributed by atoms with Crippen molar-refractivity contribution >= 4 is 17.2 Å². The van der Waals surface area contributed by atoms with Crippen LogP contribution in [0, 0.1) is 6.92 Å². The Morgan fingerprint density at radius 3 is 2.52 bits per heavy atom. The van der Waals surface area contributed by atoms with E-state index in [-0.39, 0.29) is 18.0 Å². The number of nitrogens with two attached hydrogens (primary N) is 1. The van der Waals surface area contributed by atoms with Crippen molar-refractivity contribution in [1.82, 2.24) is 20.3 Å². The SMILES string of the molecule is Cc1cc(-c2ccc(C(F)(F)F)cn2)[nH]c1C(=O)N[C@@H](c1ncc(CO)s1)C(C)(C)N. The number of aliphatic hydroxyl groups is 1. The Kier molecular flexibility index (Phi) is 6.21. The highest BCUT2D eigenvalue weighted by Gasteiger charge is 2.33. The number of nitrogens with zero attached hydrogens (tertiary/aromatic N) is 2. The maximum absolute atomic E-state index is 13.0. The highest BCUT2D eigenvalue weighted by molar-refractivity contribution is 7.11. The molecule has 0 saturated carbocycles. The van der Waals surface area contributed by atoms with E-state index in [0.717, 1.165) is 12.3 Å². The van der Waals surface area contributed by atoms with Gasteiger partial charge in [-0.15, -0.1) is 11.3 Å². The van der Waals surface area contributed by atoms with E-state index >= 15 is 0 Å². The Balaban J connectivity index is 1.85. The highest BCUT2D eigenvalue weighted by Crippen LogP contribution is 2.31. The zero-order chi connectivity index (χ0) is 23.0. The van der Waals surface area contributed by atoms with Crippen LogP contribution in [0.3, 0.4) is 0 Å². The van der Waals surface area contributed by atoms with Crippen molar-refractivity contribution in [3.63, 3.8) is 0 Å². The van der Waals surface area contributed by atoms with Gasteiger partial charge in [0.25, 0.3) is 5.91 Å². The average molecular weight is 453 g/mol. The van der Waals surface area contributed by atoms with Gasteiger partial charge in [-0.25, -0.2) is 4.98 Å². The van der Waals surface area contributed by atoms with Gasteiger partial charge in [0, 0.05) is 17.9 Å². The number of carbonyl (C=O) groups excluding carboxylic acids is 1. The molecule has 0 aliphatic rings. The van der Waals surface area contributed by atoms with Crippen molar-refractivity contribution in [3.8, 4) is 11.4 Å². The number of thiazole rings is 1. The number of amides is 1. The molecular weight excluding hydrogens is 431 g/mol. The van der Waals surface area contributed by atoms with E-state index in [1.54, 1.807) is 26.8 Å². The molecule has 3 aromatic heterocycles. The van der Waals surface area contributed by atoms with Crippen LogP contribution in [0.25, 0.3) is 11.4 Å². The van der Waals surface area contributed by atoms with Gasteiger partial charge in [-0.05, 0) is 44.5 Å². The Bertz CT molecular complexity index is 1070. The predicted molar refractivity (Wildman–Crippen MR) is 110 cm³/mol. The van der Waals surface area contributed by atoms with Crippen LogP contribution in [0.5, 0.6) is 0 Å². The molecular formula is C20H22F3N5O2S. The number of aryl methyl sites for hydroxylation is 1. The molecule has 11 heteroatoms. The number of pyridine rings is 1. The van der Waals surface area contributed by atoms with Crippen LogP contribution in [0.1, 0.15) is 51.4 Å². The summed E-state index contributed by atoms with van der Waals surface area (Å²) in [5.41, 5.74) is 6.08. The summed E-state index contributed by atoms with van der Waals surface area (Å²) in [6, 6.07) is 3.20. The van der Waals surface area contributed by atoms with Gasteiger partial charge in [-0.1, -0.05) is 0 Å². The maximum Gasteiger partial charge on any atom is 0.417 e. The second-order valence-electron chi connectivity index (χ2n) is 7.72. The summed E-state index contributed by atoms with van der Waals surface area (Å²) in [6.45, 7) is 5.03. The standard InChI is InChI=1S/C20H22F3N5O2S/c1-10-6-14(13-5-4-11(7-25-13)20(21,22)23)27-15(10)17(30)28-16(19(2,3)24)18-26-8-12(9-29)31-18/h4-8,16,27,29H,9,24H2,1-3H3,(H,28,30)/t16-/m0/s1. The Morgan fingerprint density at radius 1 is 1.29 bits per heavy atom. The number of halogens is 3. The molecule has 166 valence electrons. The Labute approximate surface area is 180 Å². The molecule has 0 fully saturated rings. The molecule has 1 atom stereocenters. The first-order valence-corrected chi connectivity index (χ1v) is 10.1. The first-order chi connectivity index (χ1) is 14.4. The lowest BCUT2D eigenvalue weighted by Gasteiger charge is -2.29. The fourth-order valence-corrected chi connectivity index (χ4v) is 3.98. The lowest BCUT2D eigenvalue weighted by atomic mass is 9.96. The number of alkyl halides is 3. The van der Waals surface area contributed by atoms with Crippen LogP contribution < -0.4 is 11.1 Å². The molecule has 0 spiro atoms. The number of nitrogens with one attached hydrogen (secondary N) is 2. The smallest absolute Gasteiger partial charge is 0.391 e. The summed E-state index contributed by atoms with van der Waals surface area (Å²) in [5, 5.41) is 12.7. The molecule has 7 nitrogen and oxygen atoms in total. The van der Waals surface area contributed by atoms with Crippen molar-refractivity contribution in [2.24, 2.45) is 5.73 Å². The second kappa shape index (κ2) is 8.40. The minimum absolute atomic E-state index is 0.164. The topological polar surface area (TPSA) is 117 Å². The summed E-state index contributed by atoms with van der Waals surface area (Å²) >= 11 is 1.25. The number of aliphatic hydroxyl groups excluding tert-OH is 1. The third kappa shape index (κ3) is 5.12. The molecule has 5 N–H and O–H groups in total. The van der Waals surface area contributed by atoms with Crippen LogP contribution in [0.15, 0.2) is 30.6 Å². The zero-order valence-corrected chi connectivity index (χ0v) is 17.9. The number of aromatic nitrogens is 3. The fourth-order valence-electron chi connectivity index (χ4n) is 2.95. The minimum atomic E-state index is -4.47. The number of hydrogen-bond acceptors (Lipinski definition) is 6. The lowest BCUT2D eigenvalue weighted by Crippen LogP contribution is -2.48. The monoisotopic (exact) mass is 453 g/mol. The normalized spacial score (nSPS) is 13.3. The van der Waals surface area contributed by atoms with Crippen LogP contribution in [-0.4, -0.2) is 31.5 Å². The lowest BCUT2D eigenvalue weighted by molar-refractivity contribution is -0.137. The van der Waals surface area contributed by atoms with Crippen LogP contribution in [0.2, 0.25) is 0 Å². The van der Waals surface area contributed by atoms with Gasteiger partial charge < -0.3 is 21.1 Å². The van der Waals surface area contributed by atoms with Gasteiger partial charge in [0.05, 0.1) is 34.5 Å². The van der Waals surface area contributed by atoms with Crippen molar-refractivity contribution in [2.75, 3.05) is 0 Å². The first kappa shape index (κ1) is 22.9. The largest absolute Gasteiger partial charge is 0.417 e. The van der Waals surface area contributed by atoms with Crippen LogP contribution >= 0.6 is 11.3 Å². The molecule has 0 aliphatic carbocycles. The van der Waals surface area contributed by atoms with Crippen molar-refractivity contribution in [1.29, 1.82) is 0 Å². The average Bonchev–Trinajstić information content (AvgIpc) is 3.31. The van der Waals surface area contributed by atoms with Gasteiger partial charge in [-0.3, -0.25) is 9.78 Å². The van der Waals surface area contributed by atoms with Gasteiger partial charge in [0.1, 0.15) is 10.7 Å². The summed E-state index contributed by atoms with van der Waals surface area (Å²) in [6.07, 6.45) is -2.20. The molecule has 3 heterocycles. The summed E-state index contributed by atoms with van der Waals surface area (Å²) in [7, 11) is 0. The molecule has 3 aromatic rings. The second-order valence-corrected chi connectivity index (χ2v) is 8.87. The van der Waals surface area contributed by atoms with E-state index in [0.29, 0.717) is 21.1 Å². The number of rotatable bonds is 6. The molecule has 0 aliphatic heterocycles. The molecule has 31 heavy (non-hydrogen) atoms. The highest BCUT2D eigenvalue weighted by atomic mass is 32.1. The minimum Gasteiger partial charge on any atom is -0.391 e. The first-order valence-electron chi connectivity index (χ1n) is 9.28. The van der Waals surface area contributed by atoms with Crippen LogP contribution in [-0.2, 0) is 12.8 Å². The van der Waals surface area contributed by atoms with Gasteiger partial charge >= 0.3 is 6.18 Å². The summed E-state index contributed by atoms with van der Waals surface area (Å²) < 4.78 is 38.2. The van der Waals surface area contributed by atoms with E-state index in [1.165, 1.54) is 23.6 Å². The molecule has 0 unspecified atom stereocenters.